The molecule has 1 N–H and O–H groups in total. The van der Waals surface area contributed by atoms with E-state index in [1.807, 2.05) is 4.57 Å². The molecule has 9 heteroatoms. The molecular weight excluding hydrogens is 460 g/mol. The molecule has 1 aliphatic carbocycles. The summed E-state index contributed by atoms with van der Waals surface area (Å²) in [5, 5.41) is 4.04. The smallest absolute Gasteiger partial charge is 0.348 e. The van der Waals surface area contributed by atoms with Crippen LogP contribution in [0.2, 0.25) is 5.02 Å². The third-order valence-corrected chi connectivity index (χ3v) is 7.23. The Bertz CT molecular complexity index is 1020. The molecule has 0 saturated heterocycles. The van der Waals surface area contributed by atoms with Crippen LogP contribution in [0.25, 0.3) is 0 Å². The predicted octanol–water partition coefficient (Wildman–Crippen LogP) is 4.25. The maximum atomic E-state index is 12.9. The fourth-order valence-corrected chi connectivity index (χ4v) is 5.24. The van der Waals surface area contributed by atoms with Crippen LogP contribution in [0.1, 0.15) is 44.4 Å². The third kappa shape index (κ3) is 6.74. The number of ether oxygens (including phenoxy) is 1. The molecule has 0 aliphatic heterocycles. The van der Waals surface area contributed by atoms with E-state index < -0.39 is 0 Å². The standard InChI is InChI=1S/C24H33ClN4O3S/c1-4-28(5-2)13-8-14-29-20-10-7-6-9-18(20)23(27-24(29)31)33-16-22(30)26-19-15-17(25)11-12-21(19)32-3/h11-12,15H,4-10,13-14,16H2,1-3H3,(H,26,30). The molecule has 3 rings (SSSR count). The minimum absolute atomic E-state index is 0.153. The quantitative estimate of drug-likeness (QED) is 0.373. The number of nitrogens with one attached hydrogen (secondary N) is 1. The van der Waals surface area contributed by atoms with Gasteiger partial charge < -0.3 is 15.0 Å². The zero-order chi connectivity index (χ0) is 23.8. The second-order valence-corrected chi connectivity index (χ2v) is 9.45. The zero-order valence-corrected chi connectivity index (χ0v) is 21.2. The molecule has 0 radical (unpaired) electrons. The number of fused-ring (bicyclic) bond motifs is 1. The molecule has 2 aromatic rings. The minimum Gasteiger partial charge on any atom is -0.495 e. The van der Waals surface area contributed by atoms with Crippen LogP contribution in [0.3, 0.4) is 0 Å². The van der Waals surface area contributed by atoms with Crippen molar-refractivity contribution in [3.05, 3.63) is 45.0 Å². The van der Waals surface area contributed by atoms with Gasteiger partial charge in [-0.25, -0.2) is 4.79 Å². The molecule has 1 aliphatic rings. The number of hydrogen-bond donors (Lipinski definition) is 1. The monoisotopic (exact) mass is 492 g/mol. The molecule has 180 valence electrons. The summed E-state index contributed by atoms with van der Waals surface area (Å²) in [7, 11) is 1.54. The molecule has 0 spiro atoms. The third-order valence-electron chi connectivity index (χ3n) is 5.98. The molecule has 1 aromatic carbocycles. The minimum atomic E-state index is -0.213. The summed E-state index contributed by atoms with van der Waals surface area (Å²) < 4.78 is 7.15. The maximum absolute atomic E-state index is 12.9. The van der Waals surface area contributed by atoms with Gasteiger partial charge in [0.2, 0.25) is 5.91 Å². The lowest BCUT2D eigenvalue weighted by Gasteiger charge is -2.24. The van der Waals surface area contributed by atoms with Gasteiger partial charge in [0.25, 0.3) is 0 Å². The van der Waals surface area contributed by atoms with Crippen LogP contribution in [0.4, 0.5) is 5.69 Å². The summed E-state index contributed by atoms with van der Waals surface area (Å²) >= 11 is 7.37. The Balaban J connectivity index is 1.71. The van der Waals surface area contributed by atoms with Crippen molar-refractivity contribution in [2.75, 3.05) is 37.8 Å². The first-order valence-electron chi connectivity index (χ1n) is 11.6. The first-order chi connectivity index (χ1) is 16.0. The lowest BCUT2D eigenvalue weighted by atomic mass is 9.97. The first-order valence-corrected chi connectivity index (χ1v) is 12.9. The number of halogens is 1. The average Bonchev–Trinajstić information content (AvgIpc) is 2.82. The van der Waals surface area contributed by atoms with Crippen LogP contribution >= 0.6 is 23.4 Å². The van der Waals surface area contributed by atoms with Gasteiger partial charge in [-0.1, -0.05) is 37.2 Å². The van der Waals surface area contributed by atoms with E-state index in [4.69, 9.17) is 16.3 Å². The Morgan fingerprint density at radius 1 is 1.27 bits per heavy atom. The largest absolute Gasteiger partial charge is 0.495 e. The van der Waals surface area contributed by atoms with Crippen molar-refractivity contribution in [2.45, 2.75) is 57.5 Å². The second kappa shape index (κ2) is 12.4. The highest BCUT2D eigenvalue weighted by molar-refractivity contribution is 8.00. The van der Waals surface area contributed by atoms with E-state index in [2.05, 4.69) is 29.0 Å². The van der Waals surface area contributed by atoms with Crippen molar-refractivity contribution in [3.63, 3.8) is 0 Å². The number of carbonyl (C=O) groups excluding carboxylic acids is 1. The molecule has 7 nitrogen and oxygen atoms in total. The molecule has 0 bridgehead atoms. The molecule has 0 saturated carbocycles. The van der Waals surface area contributed by atoms with Crippen LogP contribution in [0, 0.1) is 0 Å². The fraction of sp³-hybridized carbons (Fsp3) is 0.542. The highest BCUT2D eigenvalue weighted by Gasteiger charge is 2.21. The van der Waals surface area contributed by atoms with Crippen LogP contribution in [-0.4, -0.2) is 52.9 Å². The number of rotatable bonds is 11. The van der Waals surface area contributed by atoms with Gasteiger partial charge in [-0.3, -0.25) is 9.36 Å². The van der Waals surface area contributed by atoms with E-state index in [9.17, 15) is 9.59 Å². The number of aromatic nitrogens is 2. The van der Waals surface area contributed by atoms with Crippen LogP contribution in [0.5, 0.6) is 5.75 Å². The maximum Gasteiger partial charge on any atom is 0.348 e. The second-order valence-electron chi connectivity index (χ2n) is 8.05. The highest BCUT2D eigenvalue weighted by atomic mass is 35.5. The molecule has 0 atom stereocenters. The lowest BCUT2D eigenvalue weighted by Crippen LogP contribution is -2.32. The summed E-state index contributed by atoms with van der Waals surface area (Å²) in [5.41, 5.74) is 2.53. The normalized spacial score (nSPS) is 13.1. The molecule has 0 fully saturated rings. The number of methoxy groups -OCH3 is 1. The highest BCUT2D eigenvalue weighted by Crippen LogP contribution is 2.30. The van der Waals surface area contributed by atoms with E-state index >= 15 is 0 Å². The van der Waals surface area contributed by atoms with Gasteiger partial charge in [-0.15, -0.1) is 0 Å². The number of anilines is 1. The van der Waals surface area contributed by atoms with E-state index in [1.54, 1.807) is 25.3 Å². The van der Waals surface area contributed by atoms with Crippen LogP contribution in [-0.2, 0) is 24.2 Å². The van der Waals surface area contributed by atoms with Gasteiger partial charge in [0.15, 0.2) is 0 Å². The Morgan fingerprint density at radius 3 is 2.76 bits per heavy atom. The van der Waals surface area contributed by atoms with Gasteiger partial charge in [0.05, 0.1) is 18.6 Å². The first kappa shape index (κ1) is 25.6. The molecule has 0 unspecified atom stereocenters. The topological polar surface area (TPSA) is 76.5 Å². The summed E-state index contributed by atoms with van der Waals surface area (Å²) in [4.78, 5) is 32.2. The average molecular weight is 493 g/mol. The summed E-state index contributed by atoms with van der Waals surface area (Å²) in [6.45, 7) is 8.00. The molecule has 1 heterocycles. The summed E-state index contributed by atoms with van der Waals surface area (Å²) in [6.07, 6.45) is 4.85. The zero-order valence-electron chi connectivity index (χ0n) is 19.7. The van der Waals surface area contributed by atoms with Gasteiger partial charge in [-0.2, -0.15) is 4.98 Å². The molecule has 33 heavy (non-hydrogen) atoms. The Hall–Kier alpha value is -2.03. The Kier molecular flexibility index (Phi) is 9.64. The van der Waals surface area contributed by atoms with Crippen molar-refractivity contribution in [1.82, 2.24) is 14.5 Å². The van der Waals surface area contributed by atoms with Crippen molar-refractivity contribution in [3.8, 4) is 5.75 Å². The van der Waals surface area contributed by atoms with Crippen molar-refractivity contribution in [2.24, 2.45) is 0 Å². The summed E-state index contributed by atoms with van der Waals surface area (Å²) in [6, 6.07) is 5.07. The lowest BCUT2D eigenvalue weighted by molar-refractivity contribution is -0.113. The van der Waals surface area contributed by atoms with Crippen LogP contribution in [0.15, 0.2) is 28.0 Å². The number of carbonyl (C=O) groups is 1. The number of benzene rings is 1. The number of thioether (sulfide) groups is 1. The van der Waals surface area contributed by atoms with Crippen molar-refractivity contribution >= 4 is 35.0 Å². The SMILES string of the molecule is CCN(CC)CCCn1c2c(c(SCC(=O)Nc3cc(Cl)ccc3OC)nc1=O)CCCC2. The number of amides is 1. The van der Waals surface area contributed by atoms with E-state index in [1.165, 1.54) is 11.8 Å². The molecular formula is C24H33ClN4O3S. The van der Waals surface area contributed by atoms with E-state index in [0.717, 1.165) is 63.0 Å². The van der Waals surface area contributed by atoms with E-state index in [0.29, 0.717) is 28.0 Å². The summed E-state index contributed by atoms with van der Waals surface area (Å²) in [5.74, 6) is 0.497. The Morgan fingerprint density at radius 2 is 2.03 bits per heavy atom. The van der Waals surface area contributed by atoms with Gasteiger partial charge in [-0.05, 0) is 69.9 Å². The van der Waals surface area contributed by atoms with Gasteiger partial charge in [0, 0.05) is 22.8 Å². The van der Waals surface area contributed by atoms with Gasteiger partial charge in [0.1, 0.15) is 10.8 Å². The van der Waals surface area contributed by atoms with Gasteiger partial charge >= 0.3 is 5.69 Å². The predicted molar refractivity (Wildman–Crippen MR) is 135 cm³/mol. The molecule has 1 amide bonds. The Labute approximate surface area is 204 Å². The number of hydrogen-bond acceptors (Lipinski definition) is 6. The van der Waals surface area contributed by atoms with Crippen LogP contribution < -0.4 is 15.7 Å². The molecule has 1 aromatic heterocycles. The van der Waals surface area contributed by atoms with Crippen molar-refractivity contribution in [1.29, 1.82) is 0 Å². The number of nitrogens with zero attached hydrogens (tertiary/aromatic N) is 3. The van der Waals surface area contributed by atoms with E-state index in [-0.39, 0.29) is 17.3 Å². The fourth-order valence-electron chi connectivity index (χ4n) is 4.19. The van der Waals surface area contributed by atoms with Crippen molar-refractivity contribution < 1.29 is 9.53 Å².